The molecule has 0 fully saturated rings. The maximum absolute atomic E-state index is 5.54. The fourth-order valence-electron chi connectivity index (χ4n) is 2.34. The third-order valence-corrected chi connectivity index (χ3v) is 3.89. The van der Waals surface area contributed by atoms with Crippen LogP contribution in [0, 0.1) is 0 Å². The van der Waals surface area contributed by atoms with Gasteiger partial charge in [-0.3, -0.25) is 4.98 Å². The molecule has 3 nitrogen and oxygen atoms in total. The van der Waals surface area contributed by atoms with E-state index >= 15 is 0 Å². The van der Waals surface area contributed by atoms with Gasteiger partial charge in [-0.2, -0.15) is 0 Å². The maximum Gasteiger partial charge on any atom is 0.124 e. The Morgan fingerprint density at radius 2 is 2.00 bits per heavy atom. The highest BCUT2D eigenvalue weighted by Gasteiger charge is 2.16. The lowest BCUT2D eigenvalue weighted by Crippen LogP contribution is -2.24. The van der Waals surface area contributed by atoms with E-state index in [4.69, 9.17) is 4.74 Å². The SMILES string of the molecule is CCCNC(Cc1ccncc1)c1ccc(Br)cc1OC. The molecule has 0 saturated heterocycles. The van der Waals surface area contributed by atoms with Gasteiger partial charge in [0, 0.05) is 28.5 Å². The molecule has 1 aromatic carbocycles. The van der Waals surface area contributed by atoms with Crippen molar-refractivity contribution in [2.45, 2.75) is 25.8 Å². The number of hydrogen-bond donors (Lipinski definition) is 1. The number of methoxy groups -OCH3 is 1. The van der Waals surface area contributed by atoms with E-state index in [9.17, 15) is 0 Å². The van der Waals surface area contributed by atoms with Crippen LogP contribution in [0.25, 0.3) is 0 Å². The van der Waals surface area contributed by atoms with Crippen LogP contribution in [0.3, 0.4) is 0 Å². The van der Waals surface area contributed by atoms with Crippen molar-refractivity contribution in [2.24, 2.45) is 0 Å². The third-order valence-electron chi connectivity index (χ3n) is 3.40. The van der Waals surface area contributed by atoms with Crippen molar-refractivity contribution in [2.75, 3.05) is 13.7 Å². The summed E-state index contributed by atoms with van der Waals surface area (Å²) in [5, 5.41) is 3.61. The van der Waals surface area contributed by atoms with Crippen LogP contribution in [0.15, 0.2) is 47.2 Å². The molecule has 1 heterocycles. The minimum atomic E-state index is 0.232. The summed E-state index contributed by atoms with van der Waals surface area (Å²) >= 11 is 3.50. The van der Waals surface area contributed by atoms with Gasteiger partial charge in [-0.15, -0.1) is 0 Å². The Kier molecular flexibility index (Phi) is 6.21. The first-order chi connectivity index (χ1) is 10.2. The Bertz CT molecular complexity index is 560. The van der Waals surface area contributed by atoms with Gasteiger partial charge in [-0.1, -0.05) is 28.9 Å². The number of rotatable bonds is 7. The maximum atomic E-state index is 5.54. The third kappa shape index (κ3) is 4.55. The van der Waals surface area contributed by atoms with Gasteiger partial charge in [0.15, 0.2) is 0 Å². The van der Waals surface area contributed by atoms with Crippen LogP contribution in [0.5, 0.6) is 5.75 Å². The second kappa shape index (κ2) is 8.15. The molecule has 0 aliphatic rings. The van der Waals surface area contributed by atoms with Gasteiger partial charge in [0.2, 0.25) is 0 Å². The van der Waals surface area contributed by atoms with E-state index in [-0.39, 0.29) is 6.04 Å². The van der Waals surface area contributed by atoms with Crippen molar-refractivity contribution >= 4 is 15.9 Å². The second-order valence-electron chi connectivity index (χ2n) is 4.95. The minimum absolute atomic E-state index is 0.232. The highest BCUT2D eigenvalue weighted by molar-refractivity contribution is 9.10. The lowest BCUT2D eigenvalue weighted by molar-refractivity contribution is 0.398. The summed E-state index contributed by atoms with van der Waals surface area (Å²) in [6, 6.07) is 10.6. The zero-order valence-corrected chi connectivity index (χ0v) is 14.1. The quantitative estimate of drug-likeness (QED) is 0.816. The van der Waals surface area contributed by atoms with E-state index in [1.807, 2.05) is 18.5 Å². The van der Waals surface area contributed by atoms with Crippen LogP contribution < -0.4 is 10.1 Å². The summed E-state index contributed by atoms with van der Waals surface area (Å²) in [5.41, 5.74) is 2.45. The van der Waals surface area contributed by atoms with Gasteiger partial charge < -0.3 is 10.1 Å². The molecule has 21 heavy (non-hydrogen) atoms. The summed E-state index contributed by atoms with van der Waals surface area (Å²) in [5.74, 6) is 0.909. The van der Waals surface area contributed by atoms with Gasteiger partial charge in [-0.25, -0.2) is 0 Å². The molecule has 1 atom stereocenters. The predicted molar refractivity (Wildman–Crippen MR) is 89.7 cm³/mol. The van der Waals surface area contributed by atoms with Crippen molar-refractivity contribution in [1.82, 2.24) is 10.3 Å². The predicted octanol–water partition coefficient (Wildman–Crippen LogP) is 4.14. The molecule has 0 radical (unpaired) electrons. The molecule has 0 spiro atoms. The zero-order valence-electron chi connectivity index (χ0n) is 12.5. The van der Waals surface area contributed by atoms with E-state index in [0.29, 0.717) is 0 Å². The molecule has 4 heteroatoms. The smallest absolute Gasteiger partial charge is 0.124 e. The Hall–Kier alpha value is -1.39. The number of ether oxygens (including phenoxy) is 1. The molecule has 2 aromatic rings. The fraction of sp³-hybridized carbons (Fsp3) is 0.353. The van der Waals surface area contributed by atoms with Crippen LogP contribution in [0.4, 0.5) is 0 Å². The van der Waals surface area contributed by atoms with Gasteiger partial charge in [0.1, 0.15) is 5.75 Å². The van der Waals surface area contributed by atoms with Crippen LogP contribution in [-0.4, -0.2) is 18.6 Å². The van der Waals surface area contributed by atoms with Gasteiger partial charge >= 0.3 is 0 Å². The highest BCUT2D eigenvalue weighted by Crippen LogP contribution is 2.30. The number of halogens is 1. The van der Waals surface area contributed by atoms with Crippen molar-refractivity contribution in [1.29, 1.82) is 0 Å². The first kappa shape index (κ1) is 16.0. The van der Waals surface area contributed by atoms with Crippen molar-refractivity contribution in [3.63, 3.8) is 0 Å². The summed E-state index contributed by atoms with van der Waals surface area (Å²) in [7, 11) is 1.72. The molecule has 1 aromatic heterocycles. The largest absolute Gasteiger partial charge is 0.496 e. The number of pyridine rings is 1. The van der Waals surface area contributed by atoms with E-state index in [2.05, 4.69) is 57.4 Å². The molecule has 0 saturated carbocycles. The van der Waals surface area contributed by atoms with Gasteiger partial charge in [0.05, 0.1) is 7.11 Å². The second-order valence-corrected chi connectivity index (χ2v) is 5.87. The van der Waals surface area contributed by atoms with Crippen molar-refractivity contribution < 1.29 is 4.74 Å². The number of hydrogen-bond acceptors (Lipinski definition) is 3. The molecular formula is C17H21BrN2O. The topological polar surface area (TPSA) is 34.2 Å². The summed E-state index contributed by atoms with van der Waals surface area (Å²) in [6.07, 6.45) is 5.70. The Morgan fingerprint density at radius 1 is 1.24 bits per heavy atom. The number of nitrogens with one attached hydrogen (secondary N) is 1. The molecule has 0 aliphatic carbocycles. The van der Waals surface area contributed by atoms with E-state index in [0.717, 1.165) is 29.6 Å². The highest BCUT2D eigenvalue weighted by atomic mass is 79.9. The average molecular weight is 349 g/mol. The number of nitrogens with zero attached hydrogens (tertiary/aromatic N) is 1. The Morgan fingerprint density at radius 3 is 2.67 bits per heavy atom. The number of benzene rings is 1. The van der Waals surface area contributed by atoms with Gasteiger partial charge in [0.25, 0.3) is 0 Å². The first-order valence-electron chi connectivity index (χ1n) is 7.20. The summed E-state index contributed by atoms with van der Waals surface area (Å²) < 4.78 is 6.57. The lowest BCUT2D eigenvalue weighted by atomic mass is 9.98. The molecule has 112 valence electrons. The summed E-state index contributed by atoms with van der Waals surface area (Å²) in [4.78, 5) is 4.08. The summed E-state index contributed by atoms with van der Waals surface area (Å²) in [6.45, 7) is 3.16. The van der Waals surface area contributed by atoms with Gasteiger partial charge in [-0.05, 0) is 49.2 Å². The molecule has 2 rings (SSSR count). The van der Waals surface area contributed by atoms with Crippen LogP contribution in [0.1, 0.15) is 30.5 Å². The van der Waals surface area contributed by atoms with E-state index < -0.39 is 0 Å². The molecule has 0 aliphatic heterocycles. The van der Waals surface area contributed by atoms with E-state index in [1.54, 1.807) is 7.11 Å². The number of aromatic nitrogens is 1. The molecular weight excluding hydrogens is 328 g/mol. The monoisotopic (exact) mass is 348 g/mol. The minimum Gasteiger partial charge on any atom is -0.496 e. The Balaban J connectivity index is 2.27. The fourth-order valence-corrected chi connectivity index (χ4v) is 2.68. The lowest BCUT2D eigenvalue weighted by Gasteiger charge is -2.21. The zero-order chi connectivity index (χ0) is 15.1. The average Bonchev–Trinajstić information content (AvgIpc) is 2.52. The first-order valence-corrected chi connectivity index (χ1v) is 7.99. The van der Waals surface area contributed by atoms with Crippen LogP contribution >= 0.6 is 15.9 Å². The standard InChI is InChI=1S/C17H21BrN2O/c1-3-8-20-16(11-13-6-9-19-10-7-13)15-5-4-14(18)12-17(15)21-2/h4-7,9-10,12,16,20H,3,8,11H2,1-2H3. The normalized spacial score (nSPS) is 12.1. The molecule has 0 bridgehead atoms. The van der Waals surface area contributed by atoms with Crippen molar-refractivity contribution in [3.8, 4) is 5.75 Å². The van der Waals surface area contributed by atoms with Crippen LogP contribution in [-0.2, 0) is 6.42 Å². The molecule has 0 amide bonds. The van der Waals surface area contributed by atoms with E-state index in [1.165, 1.54) is 11.1 Å². The Labute approximate surface area is 134 Å². The van der Waals surface area contributed by atoms with Crippen LogP contribution in [0.2, 0.25) is 0 Å². The molecule has 1 N–H and O–H groups in total. The van der Waals surface area contributed by atoms with Crippen molar-refractivity contribution in [3.05, 3.63) is 58.3 Å². The molecule has 1 unspecified atom stereocenters.